The Kier molecular flexibility index (Phi) is 5.76. The molecule has 1 atom stereocenters. The summed E-state index contributed by atoms with van der Waals surface area (Å²) in [5.74, 6) is 0.0692. The Hall–Kier alpha value is -1.39. The number of carbonyl (C=O) groups is 1. The fraction of sp³-hybridized carbons (Fsp3) is 0.588. The fourth-order valence-corrected chi connectivity index (χ4v) is 2.82. The number of rotatable bonds is 5. The van der Waals surface area contributed by atoms with E-state index in [2.05, 4.69) is 42.3 Å². The molecule has 1 aliphatic rings. The number of ether oxygens (including phenoxy) is 1. The number of anilines is 1. The van der Waals surface area contributed by atoms with Crippen molar-refractivity contribution in [3.05, 3.63) is 29.3 Å². The van der Waals surface area contributed by atoms with E-state index in [1.54, 1.807) is 0 Å². The zero-order chi connectivity index (χ0) is 15.2. The molecule has 0 aromatic heterocycles. The number of carbonyl (C=O) groups excluding carboxylic acids is 1. The topological polar surface area (TPSA) is 41.6 Å². The Labute approximate surface area is 127 Å². The lowest BCUT2D eigenvalue weighted by Gasteiger charge is -2.30. The predicted molar refractivity (Wildman–Crippen MR) is 85.7 cm³/mol. The van der Waals surface area contributed by atoms with E-state index in [0.29, 0.717) is 13.2 Å². The predicted octanol–water partition coefficient (Wildman–Crippen LogP) is 2.47. The zero-order valence-electron chi connectivity index (χ0n) is 13.3. The number of aryl methyl sites for hydroxylation is 2. The minimum atomic E-state index is 0.0692. The number of para-hydroxylation sites is 1. The van der Waals surface area contributed by atoms with E-state index in [-0.39, 0.29) is 12.0 Å². The Morgan fingerprint density at radius 2 is 2.00 bits per heavy atom. The number of morpholine rings is 1. The lowest BCUT2D eigenvalue weighted by molar-refractivity contribution is -0.119. The van der Waals surface area contributed by atoms with Crippen molar-refractivity contribution >= 4 is 11.6 Å². The van der Waals surface area contributed by atoms with Crippen LogP contribution in [-0.2, 0) is 22.4 Å². The van der Waals surface area contributed by atoms with E-state index in [4.69, 9.17) is 4.74 Å². The van der Waals surface area contributed by atoms with Crippen molar-refractivity contribution in [3.8, 4) is 0 Å². The fourth-order valence-electron chi connectivity index (χ4n) is 2.82. The largest absolute Gasteiger partial charge is 0.376 e. The first kappa shape index (κ1) is 16.0. The zero-order valence-corrected chi connectivity index (χ0v) is 13.3. The molecule has 1 saturated heterocycles. The molecule has 1 amide bonds. The van der Waals surface area contributed by atoms with E-state index >= 15 is 0 Å². The Morgan fingerprint density at radius 3 is 2.57 bits per heavy atom. The minimum absolute atomic E-state index is 0.0692. The molecule has 1 aromatic rings. The molecular formula is C17H26N2O2. The van der Waals surface area contributed by atoms with Crippen LogP contribution in [0.25, 0.3) is 0 Å². The molecule has 1 aromatic carbocycles. The van der Waals surface area contributed by atoms with Gasteiger partial charge in [-0.1, -0.05) is 32.0 Å². The average molecular weight is 290 g/mol. The molecule has 0 bridgehead atoms. The van der Waals surface area contributed by atoms with Crippen molar-refractivity contribution < 1.29 is 9.53 Å². The summed E-state index contributed by atoms with van der Waals surface area (Å²) in [7, 11) is 0. The molecule has 2 rings (SSSR count). The maximum Gasteiger partial charge on any atom is 0.238 e. The van der Waals surface area contributed by atoms with Crippen molar-refractivity contribution in [2.24, 2.45) is 0 Å². The number of hydrogen-bond acceptors (Lipinski definition) is 3. The highest BCUT2D eigenvalue weighted by Gasteiger charge is 2.19. The lowest BCUT2D eigenvalue weighted by Crippen LogP contribution is -2.44. The summed E-state index contributed by atoms with van der Waals surface area (Å²) in [6.45, 7) is 9.08. The first-order chi connectivity index (χ1) is 10.1. The van der Waals surface area contributed by atoms with Crippen LogP contribution >= 0.6 is 0 Å². The van der Waals surface area contributed by atoms with E-state index in [0.717, 1.165) is 31.6 Å². The van der Waals surface area contributed by atoms with Crippen LogP contribution in [0, 0.1) is 0 Å². The van der Waals surface area contributed by atoms with Gasteiger partial charge in [-0.15, -0.1) is 0 Å². The van der Waals surface area contributed by atoms with Crippen molar-refractivity contribution in [2.45, 2.75) is 39.7 Å². The van der Waals surface area contributed by atoms with Gasteiger partial charge in [-0.2, -0.15) is 0 Å². The third-order valence-electron chi connectivity index (χ3n) is 3.96. The van der Waals surface area contributed by atoms with Gasteiger partial charge in [0.2, 0.25) is 5.91 Å². The van der Waals surface area contributed by atoms with Gasteiger partial charge in [0, 0.05) is 18.8 Å². The van der Waals surface area contributed by atoms with Crippen molar-refractivity contribution in [3.63, 3.8) is 0 Å². The highest BCUT2D eigenvalue weighted by Crippen LogP contribution is 2.22. The summed E-state index contributed by atoms with van der Waals surface area (Å²) in [6.07, 6.45) is 2.07. The molecule has 0 saturated carbocycles. The van der Waals surface area contributed by atoms with Crippen LogP contribution in [0.4, 0.5) is 5.69 Å². The quantitative estimate of drug-likeness (QED) is 0.906. The summed E-state index contributed by atoms with van der Waals surface area (Å²) < 4.78 is 5.51. The van der Waals surface area contributed by atoms with Crippen LogP contribution in [0.3, 0.4) is 0 Å². The van der Waals surface area contributed by atoms with E-state index in [1.165, 1.54) is 11.1 Å². The summed E-state index contributed by atoms with van der Waals surface area (Å²) in [5, 5.41) is 3.12. The second kappa shape index (κ2) is 7.57. The molecule has 4 heteroatoms. The number of nitrogens with one attached hydrogen (secondary N) is 1. The number of benzene rings is 1. The van der Waals surface area contributed by atoms with Crippen LogP contribution in [0.1, 0.15) is 31.9 Å². The monoisotopic (exact) mass is 290 g/mol. The Morgan fingerprint density at radius 1 is 1.33 bits per heavy atom. The molecule has 0 spiro atoms. The molecular weight excluding hydrogens is 264 g/mol. The first-order valence-electron chi connectivity index (χ1n) is 7.88. The molecule has 0 radical (unpaired) electrons. The van der Waals surface area contributed by atoms with Crippen molar-refractivity contribution in [1.82, 2.24) is 4.90 Å². The summed E-state index contributed by atoms with van der Waals surface area (Å²) >= 11 is 0. The second-order valence-electron chi connectivity index (χ2n) is 5.62. The van der Waals surface area contributed by atoms with Gasteiger partial charge in [-0.25, -0.2) is 0 Å². The van der Waals surface area contributed by atoms with Crippen LogP contribution in [0.15, 0.2) is 18.2 Å². The van der Waals surface area contributed by atoms with Gasteiger partial charge >= 0.3 is 0 Å². The van der Waals surface area contributed by atoms with E-state index < -0.39 is 0 Å². The smallest absolute Gasteiger partial charge is 0.238 e. The molecule has 1 fully saturated rings. The highest BCUT2D eigenvalue weighted by molar-refractivity contribution is 5.93. The number of amides is 1. The van der Waals surface area contributed by atoms with Crippen LogP contribution in [-0.4, -0.2) is 43.2 Å². The van der Waals surface area contributed by atoms with Gasteiger partial charge in [0.1, 0.15) is 0 Å². The van der Waals surface area contributed by atoms with Crippen molar-refractivity contribution in [2.75, 3.05) is 31.6 Å². The van der Waals surface area contributed by atoms with E-state index in [1.807, 2.05) is 6.92 Å². The van der Waals surface area contributed by atoms with Gasteiger partial charge in [-0.3, -0.25) is 9.69 Å². The number of nitrogens with zero attached hydrogens (tertiary/aromatic N) is 1. The summed E-state index contributed by atoms with van der Waals surface area (Å²) in [4.78, 5) is 14.5. The van der Waals surface area contributed by atoms with Crippen LogP contribution in [0.5, 0.6) is 0 Å². The standard InChI is InChI=1S/C17H26N2O2/c1-4-14-7-6-8-15(5-2)17(14)18-16(20)12-19-9-10-21-13(3)11-19/h6-8,13H,4-5,9-12H2,1-3H3,(H,18,20). The molecule has 1 unspecified atom stereocenters. The third-order valence-corrected chi connectivity index (χ3v) is 3.96. The van der Waals surface area contributed by atoms with Gasteiger partial charge in [0.05, 0.1) is 19.3 Å². The van der Waals surface area contributed by atoms with Crippen molar-refractivity contribution in [1.29, 1.82) is 0 Å². The van der Waals surface area contributed by atoms with Gasteiger partial charge in [0.25, 0.3) is 0 Å². The molecule has 116 valence electrons. The number of hydrogen-bond donors (Lipinski definition) is 1. The lowest BCUT2D eigenvalue weighted by atomic mass is 10.0. The average Bonchev–Trinajstić information content (AvgIpc) is 2.47. The third kappa shape index (κ3) is 4.29. The normalized spacial score (nSPS) is 19.5. The van der Waals surface area contributed by atoms with Crippen LogP contribution in [0.2, 0.25) is 0 Å². The molecule has 1 aliphatic heterocycles. The summed E-state index contributed by atoms with van der Waals surface area (Å²) in [6, 6.07) is 6.24. The maximum atomic E-state index is 12.3. The van der Waals surface area contributed by atoms with Gasteiger partial charge < -0.3 is 10.1 Å². The highest BCUT2D eigenvalue weighted by atomic mass is 16.5. The second-order valence-corrected chi connectivity index (χ2v) is 5.62. The van der Waals surface area contributed by atoms with Crippen LogP contribution < -0.4 is 5.32 Å². The molecule has 21 heavy (non-hydrogen) atoms. The Balaban J connectivity index is 2.02. The molecule has 4 nitrogen and oxygen atoms in total. The molecule has 1 N–H and O–H groups in total. The Bertz CT molecular complexity index is 465. The van der Waals surface area contributed by atoms with Gasteiger partial charge in [-0.05, 0) is 30.9 Å². The minimum Gasteiger partial charge on any atom is -0.376 e. The maximum absolute atomic E-state index is 12.3. The van der Waals surface area contributed by atoms with E-state index in [9.17, 15) is 4.79 Å². The molecule has 0 aliphatic carbocycles. The molecule has 1 heterocycles. The summed E-state index contributed by atoms with van der Waals surface area (Å²) in [5.41, 5.74) is 3.42. The SMILES string of the molecule is CCc1cccc(CC)c1NC(=O)CN1CCOC(C)C1. The first-order valence-corrected chi connectivity index (χ1v) is 7.88. The van der Waals surface area contributed by atoms with Gasteiger partial charge in [0.15, 0.2) is 0 Å².